The van der Waals surface area contributed by atoms with Gasteiger partial charge >= 0.3 is 0 Å². The topological polar surface area (TPSA) is 56.3 Å². The van der Waals surface area contributed by atoms with E-state index in [1.165, 1.54) is 11.9 Å². The van der Waals surface area contributed by atoms with Gasteiger partial charge < -0.3 is 14.8 Å². The molecule has 1 atom stereocenters. The Hall–Kier alpha value is -2.14. The van der Waals surface area contributed by atoms with Crippen molar-refractivity contribution in [3.8, 4) is 11.6 Å². The number of hydrogen-bond donors (Lipinski definition) is 1. The van der Waals surface area contributed by atoms with Gasteiger partial charge in [0.1, 0.15) is 12.1 Å². The molecular formula is C16H21N3O2. The molecule has 112 valence electrons. The van der Waals surface area contributed by atoms with Crippen LogP contribution >= 0.6 is 0 Å². The summed E-state index contributed by atoms with van der Waals surface area (Å²) < 4.78 is 10.7. The highest BCUT2D eigenvalue weighted by Gasteiger charge is 2.21. The number of hydrogen-bond acceptors (Lipinski definition) is 5. The normalized spacial score (nSPS) is 12.0. The van der Waals surface area contributed by atoms with Gasteiger partial charge in [-0.05, 0) is 38.1 Å². The highest BCUT2D eigenvalue weighted by molar-refractivity contribution is 5.47. The monoisotopic (exact) mass is 287 g/mol. The first-order valence-electron chi connectivity index (χ1n) is 6.79. The van der Waals surface area contributed by atoms with Crippen LogP contribution in [0.25, 0.3) is 0 Å². The molecule has 2 aromatic rings. The van der Waals surface area contributed by atoms with E-state index >= 15 is 0 Å². The summed E-state index contributed by atoms with van der Waals surface area (Å²) in [7, 11) is 5.18. The lowest BCUT2D eigenvalue weighted by molar-refractivity contribution is 0.393. The summed E-state index contributed by atoms with van der Waals surface area (Å²) in [5.74, 6) is 1.40. The third kappa shape index (κ3) is 3.13. The molecule has 2 rings (SSSR count). The Labute approximate surface area is 125 Å². The van der Waals surface area contributed by atoms with Crippen molar-refractivity contribution in [3.63, 3.8) is 0 Å². The van der Waals surface area contributed by atoms with E-state index < -0.39 is 0 Å². The largest absolute Gasteiger partial charge is 0.496 e. The zero-order valence-electron chi connectivity index (χ0n) is 13.1. The van der Waals surface area contributed by atoms with Crippen molar-refractivity contribution < 1.29 is 9.47 Å². The Bertz CT molecular complexity index is 629. The molecule has 0 radical (unpaired) electrons. The van der Waals surface area contributed by atoms with Crippen LogP contribution in [-0.2, 0) is 0 Å². The molecular weight excluding hydrogens is 266 g/mol. The van der Waals surface area contributed by atoms with E-state index in [0.717, 1.165) is 22.6 Å². The second-order valence-electron chi connectivity index (χ2n) is 4.90. The highest BCUT2D eigenvalue weighted by atomic mass is 16.5. The quantitative estimate of drug-likeness (QED) is 0.915. The molecule has 0 aliphatic rings. The summed E-state index contributed by atoms with van der Waals surface area (Å²) in [6.45, 7) is 4.13. The van der Waals surface area contributed by atoms with Gasteiger partial charge in [0.15, 0.2) is 0 Å². The van der Waals surface area contributed by atoms with Crippen molar-refractivity contribution in [1.82, 2.24) is 15.3 Å². The van der Waals surface area contributed by atoms with Gasteiger partial charge in [-0.3, -0.25) is 0 Å². The van der Waals surface area contributed by atoms with Crippen molar-refractivity contribution in [2.75, 3.05) is 21.3 Å². The number of aromatic nitrogens is 2. The first kappa shape index (κ1) is 15.3. The fourth-order valence-corrected chi connectivity index (χ4v) is 2.54. The molecule has 0 bridgehead atoms. The van der Waals surface area contributed by atoms with Gasteiger partial charge in [0, 0.05) is 11.6 Å². The summed E-state index contributed by atoms with van der Waals surface area (Å²) in [5.41, 5.74) is 4.24. The average molecular weight is 287 g/mol. The minimum atomic E-state index is -0.0857. The minimum Gasteiger partial charge on any atom is -0.496 e. The van der Waals surface area contributed by atoms with Gasteiger partial charge in [0.2, 0.25) is 5.88 Å². The van der Waals surface area contributed by atoms with Crippen LogP contribution in [-0.4, -0.2) is 31.2 Å². The fourth-order valence-electron chi connectivity index (χ4n) is 2.54. The molecule has 1 aromatic heterocycles. The maximum absolute atomic E-state index is 5.55. The van der Waals surface area contributed by atoms with Crippen molar-refractivity contribution >= 4 is 0 Å². The van der Waals surface area contributed by atoms with Crippen LogP contribution in [0, 0.1) is 13.8 Å². The summed E-state index contributed by atoms with van der Waals surface area (Å²) in [6, 6.07) is 5.92. The molecule has 0 saturated heterocycles. The van der Waals surface area contributed by atoms with Crippen LogP contribution in [0.4, 0.5) is 0 Å². The summed E-state index contributed by atoms with van der Waals surface area (Å²) in [4.78, 5) is 8.42. The summed E-state index contributed by atoms with van der Waals surface area (Å²) in [5, 5.41) is 3.30. The van der Waals surface area contributed by atoms with Gasteiger partial charge in [-0.1, -0.05) is 6.07 Å². The van der Waals surface area contributed by atoms with Crippen LogP contribution < -0.4 is 14.8 Å². The zero-order valence-corrected chi connectivity index (χ0v) is 13.1. The maximum atomic E-state index is 5.55. The molecule has 1 aromatic carbocycles. The van der Waals surface area contributed by atoms with Crippen LogP contribution in [0.2, 0.25) is 0 Å². The van der Waals surface area contributed by atoms with Crippen LogP contribution in [0.15, 0.2) is 24.5 Å². The summed E-state index contributed by atoms with van der Waals surface area (Å²) >= 11 is 0. The number of nitrogens with zero attached hydrogens (tertiary/aromatic N) is 2. The number of nitrogens with one attached hydrogen (secondary N) is 1. The second-order valence-corrected chi connectivity index (χ2v) is 4.90. The standard InChI is InChI=1S/C16H21N3O2/c1-10-6-11(2)15(13(7-10)20-4)16(17-3)12-8-14(21-5)19-9-18-12/h6-9,16-17H,1-5H3. The third-order valence-electron chi connectivity index (χ3n) is 3.46. The zero-order chi connectivity index (χ0) is 15.4. The van der Waals surface area contributed by atoms with E-state index in [1.807, 2.05) is 19.2 Å². The Morgan fingerprint density at radius 2 is 1.81 bits per heavy atom. The molecule has 0 fully saturated rings. The van der Waals surface area contributed by atoms with Crippen molar-refractivity contribution in [3.05, 3.63) is 46.9 Å². The first-order valence-corrected chi connectivity index (χ1v) is 6.79. The van der Waals surface area contributed by atoms with E-state index in [-0.39, 0.29) is 6.04 Å². The summed E-state index contributed by atoms with van der Waals surface area (Å²) in [6.07, 6.45) is 1.51. The Morgan fingerprint density at radius 1 is 1.05 bits per heavy atom. The Morgan fingerprint density at radius 3 is 2.43 bits per heavy atom. The van der Waals surface area contributed by atoms with E-state index in [4.69, 9.17) is 9.47 Å². The Kier molecular flexibility index (Phi) is 4.75. The molecule has 0 aliphatic carbocycles. The van der Waals surface area contributed by atoms with Gasteiger partial charge in [-0.2, -0.15) is 0 Å². The molecule has 1 unspecified atom stereocenters. The molecule has 0 spiro atoms. The molecule has 1 heterocycles. The number of methoxy groups -OCH3 is 2. The van der Waals surface area contributed by atoms with Gasteiger partial charge in [0.05, 0.1) is 26.0 Å². The first-order chi connectivity index (χ1) is 10.1. The molecule has 0 amide bonds. The van der Waals surface area contributed by atoms with E-state index in [9.17, 15) is 0 Å². The number of rotatable bonds is 5. The van der Waals surface area contributed by atoms with Gasteiger partial charge in [-0.15, -0.1) is 0 Å². The molecule has 1 N–H and O–H groups in total. The highest BCUT2D eigenvalue weighted by Crippen LogP contribution is 2.33. The fraction of sp³-hybridized carbons (Fsp3) is 0.375. The van der Waals surface area contributed by atoms with E-state index in [1.54, 1.807) is 14.2 Å². The van der Waals surface area contributed by atoms with Crippen molar-refractivity contribution in [1.29, 1.82) is 0 Å². The number of aryl methyl sites for hydroxylation is 2. The molecule has 0 saturated carbocycles. The van der Waals surface area contributed by atoms with Crippen molar-refractivity contribution in [2.45, 2.75) is 19.9 Å². The minimum absolute atomic E-state index is 0.0857. The smallest absolute Gasteiger partial charge is 0.216 e. The lowest BCUT2D eigenvalue weighted by Gasteiger charge is -2.22. The lowest BCUT2D eigenvalue weighted by Crippen LogP contribution is -2.21. The van der Waals surface area contributed by atoms with Crippen LogP contribution in [0.5, 0.6) is 11.6 Å². The number of ether oxygens (including phenoxy) is 2. The van der Waals surface area contributed by atoms with Gasteiger partial charge in [-0.25, -0.2) is 9.97 Å². The van der Waals surface area contributed by atoms with Gasteiger partial charge in [0.25, 0.3) is 0 Å². The van der Waals surface area contributed by atoms with Crippen LogP contribution in [0.1, 0.15) is 28.4 Å². The number of benzene rings is 1. The molecule has 21 heavy (non-hydrogen) atoms. The molecule has 5 heteroatoms. The van der Waals surface area contributed by atoms with Crippen LogP contribution in [0.3, 0.4) is 0 Å². The average Bonchev–Trinajstić information content (AvgIpc) is 2.49. The van der Waals surface area contributed by atoms with E-state index in [2.05, 4.69) is 35.2 Å². The molecule has 5 nitrogen and oxygen atoms in total. The SMILES string of the molecule is CNC(c1cc(OC)ncn1)c1c(C)cc(C)cc1OC. The second kappa shape index (κ2) is 6.54. The third-order valence-corrected chi connectivity index (χ3v) is 3.46. The predicted molar refractivity (Wildman–Crippen MR) is 82.0 cm³/mol. The maximum Gasteiger partial charge on any atom is 0.216 e. The predicted octanol–water partition coefficient (Wildman–Crippen LogP) is 2.42. The Balaban J connectivity index is 2.55. The lowest BCUT2D eigenvalue weighted by atomic mass is 9.95. The van der Waals surface area contributed by atoms with E-state index in [0.29, 0.717) is 5.88 Å². The molecule has 0 aliphatic heterocycles. The van der Waals surface area contributed by atoms with Crippen molar-refractivity contribution in [2.24, 2.45) is 0 Å².